The van der Waals surface area contributed by atoms with Crippen molar-refractivity contribution in [2.24, 2.45) is 10.7 Å². The number of nitrogens with zero attached hydrogens (tertiary/aromatic N) is 4. The molecule has 8 heteroatoms. The Morgan fingerprint density at radius 2 is 1.77 bits per heavy atom. The molecule has 1 atom stereocenters. The molecule has 30 heavy (non-hydrogen) atoms. The maximum atomic E-state index is 12.2. The molecule has 1 unspecified atom stereocenters. The van der Waals surface area contributed by atoms with Gasteiger partial charge < -0.3 is 25.4 Å². The number of aliphatic imine (C=N–C) groups is 1. The van der Waals surface area contributed by atoms with E-state index in [4.69, 9.17) is 10.5 Å². The standard InChI is InChI=1S/C22H35N5O3/c1-22(2,3)30-21(29)27-12-10-26(11-13-27)20(23)24-14-17-6-4-5-7-18(17)15-25-9-8-19(28)16-25/h4-7,19,28H,8-16H2,1-3H3,(H2,23,24). The zero-order valence-corrected chi connectivity index (χ0v) is 18.4. The number of aliphatic hydroxyl groups excluding tert-OH is 1. The number of aliphatic hydroxyl groups is 1. The molecular weight excluding hydrogens is 382 g/mol. The molecule has 2 saturated heterocycles. The van der Waals surface area contributed by atoms with Gasteiger partial charge in [0, 0.05) is 45.8 Å². The second-order valence-electron chi connectivity index (χ2n) is 9.08. The fraction of sp³-hybridized carbons (Fsp3) is 0.636. The van der Waals surface area contributed by atoms with Crippen molar-refractivity contribution in [1.29, 1.82) is 0 Å². The number of β-amino-alcohol motifs (C(OH)–C–C–N with tert-alkyl or cyclic N) is 1. The van der Waals surface area contributed by atoms with Gasteiger partial charge in [0.15, 0.2) is 5.96 Å². The fourth-order valence-electron chi connectivity index (χ4n) is 3.77. The van der Waals surface area contributed by atoms with Gasteiger partial charge in [0.05, 0.1) is 12.6 Å². The Bertz CT molecular complexity index is 753. The second kappa shape index (κ2) is 9.66. The molecule has 1 aromatic carbocycles. The van der Waals surface area contributed by atoms with Crippen LogP contribution in [0.5, 0.6) is 0 Å². The van der Waals surface area contributed by atoms with Crippen molar-refractivity contribution in [2.75, 3.05) is 39.3 Å². The molecule has 0 aromatic heterocycles. The maximum absolute atomic E-state index is 12.2. The second-order valence-corrected chi connectivity index (χ2v) is 9.08. The fourth-order valence-corrected chi connectivity index (χ4v) is 3.77. The van der Waals surface area contributed by atoms with Gasteiger partial charge in [0.2, 0.25) is 0 Å². The number of rotatable bonds is 4. The molecule has 2 aliphatic rings. The average Bonchev–Trinajstić information content (AvgIpc) is 3.10. The van der Waals surface area contributed by atoms with Gasteiger partial charge in [-0.05, 0) is 38.3 Å². The molecule has 0 aliphatic carbocycles. The Hall–Kier alpha value is -2.32. The van der Waals surface area contributed by atoms with Crippen molar-refractivity contribution in [3.8, 4) is 0 Å². The third kappa shape index (κ3) is 6.34. The molecule has 0 bridgehead atoms. The monoisotopic (exact) mass is 417 g/mol. The van der Waals surface area contributed by atoms with Gasteiger partial charge in [-0.2, -0.15) is 0 Å². The van der Waals surface area contributed by atoms with Crippen molar-refractivity contribution in [1.82, 2.24) is 14.7 Å². The van der Waals surface area contributed by atoms with Crippen molar-refractivity contribution in [3.63, 3.8) is 0 Å². The Labute approximate surface area is 179 Å². The van der Waals surface area contributed by atoms with Crippen LogP contribution in [0.4, 0.5) is 4.79 Å². The number of hydrogen-bond donors (Lipinski definition) is 2. The lowest BCUT2D eigenvalue weighted by Gasteiger charge is -2.36. The van der Waals surface area contributed by atoms with Crippen molar-refractivity contribution in [2.45, 2.75) is 52.0 Å². The highest BCUT2D eigenvalue weighted by Gasteiger charge is 2.26. The lowest BCUT2D eigenvalue weighted by Crippen LogP contribution is -2.53. The number of likely N-dealkylation sites (tertiary alicyclic amines) is 1. The highest BCUT2D eigenvalue weighted by Crippen LogP contribution is 2.17. The number of ether oxygens (including phenoxy) is 1. The van der Waals surface area contributed by atoms with Crippen LogP contribution in [-0.4, -0.2) is 82.8 Å². The first-order chi connectivity index (χ1) is 14.2. The van der Waals surface area contributed by atoms with E-state index in [2.05, 4.69) is 22.0 Å². The number of piperazine rings is 1. The quantitative estimate of drug-likeness (QED) is 0.571. The Morgan fingerprint density at radius 1 is 1.13 bits per heavy atom. The van der Waals surface area contributed by atoms with E-state index in [0.29, 0.717) is 38.7 Å². The summed E-state index contributed by atoms with van der Waals surface area (Å²) in [6.45, 7) is 11.0. The Balaban J connectivity index is 1.53. The number of guanidine groups is 1. The van der Waals surface area contributed by atoms with E-state index in [1.54, 1.807) is 4.90 Å². The lowest BCUT2D eigenvalue weighted by molar-refractivity contribution is 0.0186. The summed E-state index contributed by atoms with van der Waals surface area (Å²) in [7, 11) is 0. The molecule has 1 amide bonds. The zero-order valence-electron chi connectivity index (χ0n) is 18.4. The van der Waals surface area contributed by atoms with Gasteiger partial charge in [-0.1, -0.05) is 24.3 Å². The number of hydrogen-bond acceptors (Lipinski definition) is 5. The van der Waals surface area contributed by atoms with Crippen LogP contribution in [0.1, 0.15) is 38.3 Å². The lowest BCUT2D eigenvalue weighted by atomic mass is 10.1. The summed E-state index contributed by atoms with van der Waals surface area (Å²) in [6, 6.07) is 8.25. The SMILES string of the molecule is CC(C)(C)OC(=O)N1CCN(C(N)=NCc2ccccc2CN2CCC(O)C2)CC1. The van der Waals surface area contributed by atoms with Crippen LogP contribution in [0.25, 0.3) is 0 Å². The topological polar surface area (TPSA) is 94.6 Å². The Morgan fingerprint density at radius 3 is 2.37 bits per heavy atom. The van der Waals surface area contributed by atoms with E-state index < -0.39 is 5.60 Å². The molecule has 3 rings (SSSR count). The highest BCUT2D eigenvalue weighted by atomic mass is 16.6. The summed E-state index contributed by atoms with van der Waals surface area (Å²) >= 11 is 0. The van der Waals surface area contributed by atoms with E-state index in [9.17, 15) is 9.90 Å². The maximum Gasteiger partial charge on any atom is 0.410 e. The zero-order chi connectivity index (χ0) is 21.7. The minimum Gasteiger partial charge on any atom is -0.444 e. The van der Waals surface area contributed by atoms with E-state index in [0.717, 1.165) is 31.6 Å². The van der Waals surface area contributed by atoms with Crippen LogP contribution in [0, 0.1) is 0 Å². The van der Waals surface area contributed by atoms with E-state index in [1.165, 1.54) is 5.56 Å². The van der Waals surface area contributed by atoms with Crippen LogP contribution >= 0.6 is 0 Å². The summed E-state index contributed by atoms with van der Waals surface area (Å²) in [5.74, 6) is 0.505. The smallest absolute Gasteiger partial charge is 0.410 e. The van der Waals surface area contributed by atoms with Crippen LogP contribution in [0.3, 0.4) is 0 Å². The van der Waals surface area contributed by atoms with Crippen molar-refractivity contribution in [3.05, 3.63) is 35.4 Å². The third-order valence-electron chi connectivity index (χ3n) is 5.43. The van der Waals surface area contributed by atoms with Gasteiger partial charge in [-0.15, -0.1) is 0 Å². The van der Waals surface area contributed by atoms with Gasteiger partial charge in [0.25, 0.3) is 0 Å². The van der Waals surface area contributed by atoms with Crippen LogP contribution in [0.2, 0.25) is 0 Å². The normalized spacial score (nSPS) is 21.2. The summed E-state index contributed by atoms with van der Waals surface area (Å²) in [4.78, 5) is 22.8. The van der Waals surface area contributed by atoms with E-state index in [-0.39, 0.29) is 12.2 Å². The number of carbonyl (C=O) groups excluding carboxylic acids is 1. The predicted octanol–water partition coefficient (Wildman–Crippen LogP) is 1.62. The molecule has 0 spiro atoms. The first-order valence-corrected chi connectivity index (χ1v) is 10.7. The largest absolute Gasteiger partial charge is 0.444 e. The number of carbonyl (C=O) groups is 1. The molecule has 0 saturated carbocycles. The molecule has 2 aliphatic heterocycles. The number of nitrogens with two attached hydrogens (primary N) is 1. The van der Waals surface area contributed by atoms with Gasteiger partial charge in [-0.3, -0.25) is 4.90 Å². The molecule has 0 radical (unpaired) electrons. The van der Waals surface area contributed by atoms with E-state index in [1.807, 2.05) is 37.8 Å². The number of amides is 1. The number of benzene rings is 1. The first-order valence-electron chi connectivity index (χ1n) is 10.7. The molecular formula is C22H35N5O3. The predicted molar refractivity (Wildman–Crippen MR) is 117 cm³/mol. The molecule has 1 aromatic rings. The van der Waals surface area contributed by atoms with E-state index >= 15 is 0 Å². The molecule has 3 N–H and O–H groups in total. The Kier molecular flexibility index (Phi) is 7.20. The molecule has 2 heterocycles. The minimum atomic E-state index is -0.491. The van der Waals surface area contributed by atoms with Gasteiger partial charge in [0.1, 0.15) is 5.60 Å². The molecule has 2 fully saturated rings. The minimum absolute atomic E-state index is 0.217. The van der Waals surface area contributed by atoms with Crippen LogP contribution in [0.15, 0.2) is 29.3 Å². The van der Waals surface area contributed by atoms with Crippen molar-refractivity contribution >= 4 is 12.1 Å². The average molecular weight is 418 g/mol. The van der Waals surface area contributed by atoms with Gasteiger partial charge in [-0.25, -0.2) is 9.79 Å². The van der Waals surface area contributed by atoms with Crippen LogP contribution < -0.4 is 5.73 Å². The van der Waals surface area contributed by atoms with Crippen LogP contribution in [-0.2, 0) is 17.8 Å². The van der Waals surface area contributed by atoms with Crippen molar-refractivity contribution < 1.29 is 14.6 Å². The highest BCUT2D eigenvalue weighted by molar-refractivity contribution is 5.78. The summed E-state index contributed by atoms with van der Waals surface area (Å²) in [5, 5.41) is 9.76. The summed E-state index contributed by atoms with van der Waals surface area (Å²) in [5.41, 5.74) is 8.13. The third-order valence-corrected chi connectivity index (χ3v) is 5.43. The van der Waals surface area contributed by atoms with Gasteiger partial charge >= 0.3 is 6.09 Å². The molecule has 8 nitrogen and oxygen atoms in total. The summed E-state index contributed by atoms with van der Waals surface area (Å²) in [6.07, 6.45) is 0.339. The molecule has 166 valence electrons. The first kappa shape index (κ1) is 22.4. The summed E-state index contributed by atoms with van der Waals surface area (Å²) < 4.78 is 5.44.